The van der Waals surface area contributed by atoms with Gasteiger partial charge in [0, 0.05) is 25.2 Å². The van der Waals surface area contributed by atoms with Gasteiger partial charge in [0.1, 0.15) is 6.04 Å². The Morgan fingerprint density at radius 3 is 2.44 bits per heavy atom. The monoisotopic (exact) mass is 338 g/mol. The molecule has 1 aliphatic rings. The molecule has 1 heterocycles. The molecule has 0 aliphatic carbocycles. The molecule has 1 saturated heterocycles. The summed E-state index contributed by atoms with van der Waals surface area (Å²) >= 11 is 0. The van der Waals surface area contributed by atoms with Crippen molar-refractivity contribution in [3.63, 3.8) is 0 Å². The molecule has 0 amide bonds. The summed E-state index contributed by atoms with van der Waals surface area (Å²) in [5.74, 6) is -0.779. The van der Waals surface area contributed by atoms with E-state index in [-0.39, 0.29) is 6.04 Å². The second-order valence-corrected chi connectivity index (χ2v) is 6.81. The van der Waals surface area contributed by atoms with Crippen LogP contribution >= 0.6 is 0 Å². The van der Waals surface area contributed by atoms with E-state index in [0.717, 1.165) is 25.1 Å². The summed E-state index contributed by atoms with van der Waals surface area (Å²) in [7, 11) is 0. The zero-order valence-corrected chi connectivity index (χ0v) is 14.6. The van der Waals surface area contributed by atoms with Gasteiger partial charge in [0.05, 0.1) is 0 Å². The van der Waals surface area contributed by atoms with Crippen molar-refractivity contribution in [2.45, 2.75) is 37.9 Å². The van der Waals surface area contributed by atoms with Crippen LogP contribution in [0.25, 0.3) is 0 Å². The Hall–Kier alpha value is -2.17. The number of hydrogen-bond donors (Lipinski definition) is 2. The molecule has 25 heavy (non-hydrogen) atoms. The molecule has 0 spiro atoms. The van der Waals surface area contributed by atoms with E-state index in [1.807, 2.05) is 36.4 Å². The maximum absolute atomic E-state index is 11.7. The summed E-state index contributed by atoms with van der Waals surface area (Å²) in [5, 5.41) is 12.9. The van der Waals surface area contributed by atoms with E-state index in [1.165, 1.54) is 5.56 Å². The highest BCUT2D eigenvalue weighted by molar-refractivity contribution is 5.74. The quantitative estimate of drug-likeness (QED) is 0.814. The van der Waals surface area contributed by atoms with Crippen LogP contribution in [-0.2, 0) is 11.2 Å². The first-order valence-electron chi connectivity index (χ1n) is 8.95. The number of aliphatic carboxylic acids is 1. The fourth-order valence-electron chi connectivity index (χ4n) is 3.57. The molecule has 0 bridgehead atoms. The van der Waals surface area contributed by atoms with Crippen LogP contribution in [0.2, 0.25) is 0 Å². The Kier molecular flexibility index (Phi) is 5.84. The first kappa shape index (κ1) is 17.6. The lowest BCUT2D eigenvalue weighted by atomic mass is 10.0. The SMILES string of the molecule is CC(c1ccccc1)N1CCC(N[C@H](Cc2ccccc2)C(=O)O)C1. The second-order valence-electron chi connectivity index (χ2n) is 6.81. The number of hydrogen-bond acceptors (Lipinski definition) is 3. The van der Waals surface area contributed by atoms with Crippen molar-refractivity contribution in [3.8, 4) is 0 Å². The molecule has 2 unspecified atom stereocenters. The number of carboxylic acids is 1. The smallest absolute Gasteiger partial charge is 0.321 e. The van der Waals surface area contributed by atoms with Crippen LogP contribution < -0.4 is 5.32 Å². The lowest BCUT2D eigenvalue weighted by Crippen LogP contribution is -2.46. The van der Waals surface area contributed by atoms with Gasteiger partial charge in [0.15, 0.2) is 0 Å². The van der Waals surface area contributed by atoms with Crippen molar-refractivity contribution in [2.24, 2.45) is 0 Å². The van der Waals surface area contributed by atoms with Crippen molar-refractivity contribution in [2.75, 3.05) is 13.1 Å². The minimum absolute atomic E-state index is 0.218. The van der Waals surface area contributed by atoms with Gasteiger partial charge in [-0.15, -0.1) is 0 Å². The van der Waals surface area contributed by atoms with Crippen molar-refractivity contribution >= 4 is 5.97 Å². The standard InChI is InChI=1S/C21H26N2O2/c1-16(18-10-6-3-7-11-18)23-13-12-19(15-23)22-20(21(24)25)14-17-8-4-2-5-9-17/h2-11,16,19-20,22H,12-15H2,1H3,(H,24,25)/t16?,19?,20-/m1/s1. The normalized spacial score (nSPS) is 20.3. The molecule has 0 saturated carbocycles. The Labute approximate surface area is 149 Å². The molecular formula is C21H26N2O2. The lowest BCUT2D eigenvalue weighted by Gasteiger charge is -2.25. The molecule has 2 N–H and O–H groups in total. The highest BCUT2D eigenvalue weighted by Crippen LogP contribution is 2.24. The molecule has 3 rings (SSSR count). The first-order chi connectivity index (χ1) is 12.1. The highest BCUT2D eigenvalue weighted by atomic mass is 16.4. The summed E-state index contributed by atoms with van der Waals surface area (Å²) in [4.78, 5) is 14.1. The summed E-state index contributed by atoms with van der Waals surface area (Å²) < 4.78 is 0. The minimum atomic E-state index is -0.779. The number of nitrogens with zero attached hydrogens (tertiary/aromatic N) is 1. The molecule has 1 aliphatic heterocycles. The van der Waals surface area contributed by atoms with E-state index in [0.29, 0.717) is 12.5 Å². The van der Waals surface area contributed by atoms with Crippen LogP contribution in [0.4, 0.5) is 0 Å². The van der Waals surface area contributed by atoms with Gasteiger partial charge in [-0.2, -0.15) is 0 Å². The third-order valence-electron chi connectivity index (χ3n) is 5.07. The molecule has 132 valence electrons. The zero-order chi connectivity index (χ0) is 17.6. The van der Waals surface area contributed by atoms with Crippen molar-refractivity contribution in [1.29, 1.82) is 0 Å². The van der Waals surface area contributed by atoms with Gasteiger partial charge < -0.3 is 10.4 Å². The van der Waals surface area contributed by atoms with E-state index < -0.39 is 12.0 Å². The van der Waals surface area contributed by atoms with Gasteiger partial charge >= 0.3 is 5.97 Å². The summed E-state index contributed by atoms with van der Waals surface area (Å²) in [5.41, 5.74) is 2.36. The Bertz CT molecular complexity index is 675. The summed E-state index contributed by atoms with van der Waals surface area (Å²) in [6, 6.07) is 20.3. The van der Waals surface area contributed by atoms with Crippen LogP contribution in [0.3, 0.4) is 0 Å². The van der Waals surface area contributed by atoms with Gasteiger partial charge in [0.25, 0.3) is 0 Å². The Morgan fingerprint density at radius 2 is 1.80 bits per heavy atom. The molecule has 3 atom stereocenters. The highest BCUT2D eigenvalue weighted by Gasteiger charge is 2.30. The number of likely N-dealkylation sites (tertiary alicyclic amines) is 1. The van der Waals surface area contributed by atoms with Crippen LogP contribution in [-0.4, -0.2) is 41.1 Å². The van der Waals surface area contributed by atoms with Crippen LogP contribution in [0.1, 0.15) is 30.5 Å². The Morgan fingerprint density at radius 1 is 1.16 bits per heavy atom. The van der Waals surface area contributed by atoms with Crippen molar-refractivity contribution < 1.29 is 9.90 Å². The van der Waals surface area contributed by atoms with E-state index in [9.17, 15) is 9.90 Å². The predicted molar refractivity (Wildman–Crippen MR) is 99.5 cm³/mol. The average Bonchev–Trinajstić information content (AvgIpc) is 3.10. The number of rotatable bonds is 7. The fourth-order valence-corrected chi connectivity index (χ4v) is 3.57. The number of nitrogens with one attached hydrogen (secondary N) is 1. The van der Waals surface area contributed by atoms with Gasteiger partial charge in [-0.05, 0) is 30.9 Å². The fraction of sp³-hybridized carbons (Fsp3) is 0.381. The molecular weight excluding hydrogens is 312 g/mol. The summed E-state index contributed by atoms with van der Waals surface area (Å²) in [6.07, 6.45) is 1.50. The van der Waals surface area contributed by atoms with Gasteiger partial charge in [-0.1, -0.05) is 60.7 Å². The van der Waals surface area contributed by atoms with E-state index in [4.69, 9.17) is 0 Å². The average molecular weight is 338 g/mol. The molecule has 4 nitrogen and oxygen atoms in total. The molecule has 0 aromatic heterocycles. The van der Waals surface area contributed by atoms with Gasteiger partial charge in [-0.3, -0.25) is 9.69 Å². The van der Waals surface area contributed by atoms with E-state index >= 15 is 0 Å². The van der Waals surface area contributed by atoms with Crippen molar-refractivity contribution in [3.05, 3.63) is 71.8 Å². The number of benzene rings is 2. The summed E-state index contributed by atoms with van der Waals surface area (Å²) in [6.45, 7) is 4.09. The predicted octanol–water partition coefficient (Wildman–Crippen LogP) is 3.11. The van der Waals surface area contributed by atoms with Gasteiger partial charge in [0.2, 0.25) is 0 Å². The molecule has 2 aromatic carbocycles. The third kappa shape index (κ3) is 4.68. The van der Waals surface area contributed by atoms with Gasteiger partial charge in [-0.25, -0.2) is 0 Å². The minimum Gasteiger partial charge on any atom is -0.480 e. The maximum atomic E-state index is 11.7. The molecule has 0 radical (unpaired) electrons. The lowest BCUT2D eigenvalue weighted by molar-refractivity contribution is -0.139. The maximum Gasteiger partial charge on any atom is 0.321 e. The third-order valence-corrected chi connectivity index (χ3v) is 5.07. The number of carboxylic acid groups (broad SMARTS) is 1. The van der Waals surface area contributed by atoms with Crippen LogP contribution in [0.5, 0.6) is 0 Å². The van der Waals surface area contributed by atoms with E-state index in [2.05, 4.69) is 41.4 Å². The topological polar surface area (TPSA) is 52.6 Å². The zero-order valence-electron chi connectivity index (χ0n) is 14.6. The second kappa shape index (κ2) is 8.28. The van der Waals surface area contributed by atoms with Crippen LogP contribution in [0, 0.1) is 0 Å². The van der Waals surface area contributed by atoms with E-state index in [1.54, 1.807) is 0 Å². The Balaban J connectivity index is 1.58. The van der Waals surface area contributed by atoms with Crippen molar-refractivity contribution in [1.82, 2.24) is 10.2 Å². The molecule has 2 aromatic rings. The molecule has 4 heteroatoms. The van der Waals surface area contributed by atoms with Crippen LogP contribution in [0.15, 0.2) is 60.7 Å². The first-order valence-corrected chi connectivity index (χ1v) is 8.95. The largest absolute Gasteiger partial charge is 0.480 e. The number of carbonyl (C=O) groups is 1. The molecule has 1 fully saturated rings.